The molecule has 0 aromatic carbocycles. The van der Waals surface area contributed by atoms with Crippen molar-refractivity contribution in [3.63, 3.8) is 0 Å². The zero-order valence-electron chi connectivity index (χ0n) is 10.5. The van der Waals surface area contributed by atoms with Crippen LogP contribution in [0.3, 0.4) is 0 Å². The third-order valence-electron chi connectivity index (χ3n) is 2.73. The van der Waals surface area contributed by atoms with E-state index in [2.05, 4.69) is 15.3 Å². The van der Waals surface area contributed by atoms with E-state index in [4.69, 9.17) is 21.8 Å². The molecule has 1 unspecified atom stereocenters. The Morgan fingerprint density at radius 1 is 1.39 bits per heavy atom. The molecule has 0 spiro atoms. The van der Waals surface area contributed by atoms with Crippen molar-refractivity contribution in [1.29, 1.82) is 0 Å². The smallest absolute Gasteiger partial charge is 0.157 e. The lowest BCUT2D eigenvalue weighted by Gasteiger charge is -2.15. The summed E-state index contributed by atoms with van der Waals surface area (Å²) in [6.07, 6.45) is 1.38. The Hall–Kier alpha value is -1.75. The van der Waals surface area contributed by atoms with Crippen LogP contribution >= 0.6 is 11.6 Å². The van der Waals surface area contributed by atoms with Crippen molar-refractivity contribution in [2.75, 3.05) is 11.1 Å². The second kappa shape index (κ2) is 4.86. The molecule has 0 fully saturated rings. The van der Waals surface area contributed by atoms with Crippen LogP contribution in [0.15, 0.2) is 16.8 Å². The van der Waals surface area contributed by atoms with E-state index in [0.717, 1.165) is 17.1 Å². The summed E-state index contributed by atoms with van der Waals surface area (Å²) in [7, 11) is 0. The topological polar surface area (TPSA) is 77.0 Å². The van der Waals surface area contributed by atoms with Gasteiger partial charge in [0.05, 0.1) is 6.04 Å². The number of hydrogen-bond acceptors (Lipinski definition) is 5. The lowest BCUT2D eigenvalue weighted by molar-refractivity contribution is 0.500. The third-order valence-corrected chi connectivity index (χ3v) is 3.04. The van der Waals surface area contributed by atoms with Crippen molar-refractivity contribution < 1.29 is 4.42 Å². The Morgan fingerprint density at radius 3 is 2.72 bits per heavy atom. The monoisotopic (exact) mass is 266 g/mol. The molecule has 18 heavy (non-hydrogen) atoms. The number of hydrogen-bond donors (Lipinski definition) is 2. The first-order chi connectivity index (χ1) is 8.49. The van der Waals surface area contributed by atoms with E-state index in [1.165, 1.54) is 6.33 Å². The van der Waals surface area contributed by atoms with Gasteiger partial charge >= 0.3 is 0 Å². The van der Waals surface area contributed by atoms with Crippen LogP contribution in [0.1, 0.15) is 30.0 Å². The molecule has 2 aromatic heterocycles. The molecule has 0 saturated carbocycles. The Labute approximate surface area is 110 Å². The highest BCUT2D eigenvalue weighted by molar-refractivity contribution is 6.32. The number of nitrogens with one attached hydrogen (secondary N) is 1. The Morgan fingerprint density at radius 2 is 2.11 bits per heavy atom. The summed E-state index contributed by atoms with van der Waals surface area (Å²) in [5.41, 5.74) is 7.23. The molecule has 0 saturated heterocycles. The second-order valence-electron chi connectivity index (χ2n) is 4.16. The fourth-order valence-electron chi connectivity index (χ4n) is 1.85. The fraction of sp³-hybridized carbons (Fsp3) is 0.333. The maximum Gasteiger partial charge on any atom is 0.157 e. The third kappa shape index (κ3) is 2.41. The molecule has 5 nitrogen and oxygen atoms in total. The molecule has 2 aromatic rings. The number of nitrogen functional groups attached to an aromatic ring is 1. The largest absolute Gasteiger partial charge is 0.466 e. The fourth-order valence-corrected chi connectivity index (χ4v) is 1.99. The predicted octanol–water partition coefficient (Wildman–Crippen LogP) is 3.10. The van der Waals surface area contributed by atoms with Crippen LogP contribution in [-0.4, -0.2) is 9.97 Å². The summed E-state index contributed by atoms with van der Waals surface area (Å²) >= 11 is 5.84. The van der Waals surface area contributed by atoms with Crippen molar-refractivity contribution in [3.05, 3.63) is 34.6 Å². The van der Waals surface area contributed by atoms with Crippen LogP contribution in [0.25, 0.3) is 0 Å². The van der Waals surface area contributed by atoms with Gasteiger partial charge in [-0.3, -0.25) is 0 Å². The number of aryl methyl sites for hydroxylation is 2. The molecule has 0 bridgehead atoms. The van der Waals surface area contributed by atoms with Crippen LogP contribution in [0.2, 0.25) is 5.15 Å². The van der Waals surface area contributed by atoms with Crippen molar-refractivity contribution in [2.24, 2.45) is 0 Å². The summed E-state index contributed by atoms with van der Waals surface area (Å²) in [4.78, 5) is 7.89. The summed E-state index contributed by atoms with van der Waals surface area (Å²) in [6, 6.07) is 2.02. The van der Waals surface area contributed by atoms with Crippen molar-refractivity contribution in [1.82, 2.24) is 9.97 Å². The molecule has 1 atom stereocenters. The van der Waals surface area contributed by atoms with E-state index >= 15 is 0 Å². The first-order valence-corrected chi connectivity index (χ1v) is 5.96. The molecule has 0 aliphatic rings. The molecule has 0 radical (unpaired) electrons. The average Bonchev–Trinajstić information content (AvgIpc) is 2.64. The Balaban J connectivity index is 2.24. The minimum Gasteiger partial charge on any atom is -0.466 e. The number of nitrogens with two attached hydrogens (primary N) is 1. The lowest BCUT2D eigenvalue weighted by Crippen LogP contribution is -2.10. The van der Waals surface area contributed by atoms with Gasteiger partial charge in [-0.15, -0.1) is 0 Å². The highest BCUT2D eigenvalue weighted by Crippen LogP contribution is 2.28. The van der Waals surface area contributed by atoms with Crippen molar-refractivity contribution in [3.8, 4) is 0 Å². The van der Waals surface area contributed by atoms with Crippen molar-refractivity contribution in [2.45, 2.75) is 26.8 Å². The van der Waals surface area contributed by atoms with Gasteiger partial charge in [0, 0.05) is 5.56 Å². The SMILES string of the molecule is Cc1cc(C(C)Nc2ncnc(Cl)c2N)c(C)o1. The Kier molecular flexibility index (Phi) is 3.43. The van der Waals surface area contributed by atoms with Gasteiger partial charge in [0.2, 0.25) is 0 Å². The molecule has 0 aliphatic carbocycles. The number of anilines is 2. The minimum absolute atomic E-state index is 0.0238. The maximum absolute atomic E-state index is 5.84. The van der Waals surface area contributed by atoms with Gasteiger partial charge in [-0.25, -0.2) is 9.97 Å². The van der Waals surface area contributed by atoms with Gasteiger partial charge in [-0.2, -0.15) is 0 Å². The van der Waals surface area contributed by atoms with E-state index in [9.17, 15) is 0 Å². The van der Waals surface area contributed by atoms with E-state index in [-0.39, 0.29) is 11.2 Å². The van der Waals surface area contributed by atoms with Crippen LogP contribution in [0.5, 0.6) is 0 Å². The molecular weight excluding hydrogens is 252 g/mol. The molecule has 3 N–H and O–H groups in total. The molecule has 0 amide bonds. The zero-order chi connectivity index (χ0) is 13.3. The number of nitrogens with zero attached hydrogens (tertiary/aromatic N) is 2. The summed E-state index contributed by atoms with van der Waals surface area (Å²) < 4.78 is 5.50. The van der Waals surface area contributed by atoms with Gasteiger partial charge in [-0.05, 0) is 26.8 Å². The number of aromatic nitrogens is 2. The molecule has 96 valence electrons. The Bertz CT molecular complexity index is 567. The van der Waals surface area contributed by atoms with Crippen LogP contribution < -0.4 is 11.1 Å². The van der Waals surface area contributed by atoms with Gasteiger partial charge in [0.1, 0.15) is 23.5 Å². The van der Waals surface area contributed by atoms with Crippen LogP contribution in [-0.2, 0) is 0 Å². The van der Waals surface area contributed by atoms with E-state index < -0.39 is 0 Å². The lowest BCUT2D eigenvalue weighted by atomic mass is 10.1. The maximum atomic E-state index is 5.84. The van der Waals surface area contributed by atoms with E-state index in [0.29, 0.717) is 11.5 Å². The molecular formula is C12H15ClN4O. The predicted molar refractivity (Wildman–Crippen MR) is 71.7 cm³/mol. The van der Waals surface area contributed by atoms with Gasteiger partial charge in [0.25, 0.3) is 0 Å². The summed E-state index contributed by atoms with van der Waals surface area (Å²) in [6.45, 7) is 5.85. The molecule has 0 aliphatic heterocycles. The van der Waals surface area contributed by atoms with Gasteiger partial charge in [0.15, 0.2) is 11.0 Å². The first-order valence-electron chi connectivity index (χ1n) is 5.58. The second-order valence-corrected chi connectivity index (χ2v) is 4.52. The normalized spacial score (nSPS) is 12.4. The molecule has 2 rings (SSSR count). The van der Waals surface area contributed by atoms with Crippen LogP contribution in [0, 0.1) is 13.8 Å². The minimum atomic E-state index is 0.0238. The number of halogens is 1. The highest BCUT2D eigenvalue weighted by atomic mass is 35.5. The van der Waals surface area contributed by atoms with Gasteiger partial charge < -0.3 is 15.5 Å². The molecule has 2 heterocycles. The summed E-state index contributed by atoms with van der Waals surface area (Å²) in [5, 5.41) is 3.45. The van der Waals surface area contributed by atoms with Crippen molar-refractivity contribution >= 4 is 23.1 Å². The highest BCUT2D eigenvalue weighted by Gasteiger charge is 2.15. The van der Waals surface area contributed by atoms with E-state index in [1.807, 2.05) is 26.8 Å². The van der Waals surface area contributed by atoms with Gasteiger partial charge in [-0.1, -0.05) is 11.6 Å². The summed E-state index contributed by atoms with van der Waals surface area (Å²) in [5.74, 6) is 2.29. The van der Waals surface area contributed by atoms with E-state index in [1.54, 1.807) is 0 Å². The number of furan rings is 1. The standard InChI is InChI=1S/C12H15ClN4O/c1-6-4-9(8(3)18-6)7(2)17-12-10(14)11(13)15-5-16-12/h4-5,7H,14H2,1-3H3,(H,15,16,17). The zero-order valence-corrected chi connectivity index (χ0v) is 11.2. The number of rotatable bonds is 3. The quantitative estimate of drug-likeness (QED) is 0.835. The average molecular weight is 267 g/mol. The van der Waals surface area contributed by atoms with Crippen LogP contribution in [0.4, 0.5) is 11.5 Å². The molecule has 6 heteroatoms. The first kappa shape index (κ1) is 12.7.